The maximum Gasteiger partial charge on any atom is 0.147 e. The highest BCUT2D eigenvalue weighted by molar-refractivity contribution is 7.11. The lowest BCUT2D eigenvalue weighted by Crippen LogP contribution is -2.25. The molecule has 0 spiro atoms. The van der Waals surface area contributed by atoms with Crippen LogP contribution in [0.25, 0.3) is 11.1 Å². The van der Waals surface area contributed by atoms with Crippen molar-refractivity contribution in [2.45, 2.75) is 20.3 Å². The first-order chi connectivity index (χ1) is 10.3. The van der Waals surface area contributed by atoms with Crippen LogP contribution in [0.3, 0.4) is 0 Å². The lowest BCUT2D eigenvalue weighted by Gasteiger charge is -2.17. The molecule has 2 heterocycles. The number of nitrogens with two attached hydrogens (primary N) is 1. The number of rotatable bonds is 8. The van der Waals surface area contributed by atoms with Crippen LogP contribution in [0.1, 0.15) is 20.3 Å². The summed E-state index contributed by atoms with van der Waals surface area (Å²) in [6, 6.07) is 3.92. The van der Waals surface area contributed by atoms with Crippen molar-refractivity contribution in [3.8, 4) is 11.1 Å². The molecule has 0 saturated heterocycles. The summed E-state index contributed by atoms with van der Waals surface area (Å²) in [5.41, 5.74) is 8.05. The lowest BCUT2D eigenvalue weighted by molar-refractivity contribution is 0.303. The molecule has 0 saturated carbocycles. The number of hydrogen-bond acceptors (Lipinski definition) is 6. The number of nitrogens with zero attached hydrogens (tertiary/aromatic N) is 3. The lowest BCUT2D eigenvalue weighted by atomic mass is 10.1. The van der Waals surface area contributed by atoms with E-state index in [1.807, 2.05) is 12.1 Å². The normalized spacial score (nSPS) is 11.0. The highest BCUT2D eigenvalue weighted by Gasteiger charge is 2.13. The fourth-order valence-electron chi connectivity index (χ4n) is 2.27. The minimum absolute atomic E-state index is 0.581. The molecule has 5 nitrogen and oxygen atoms in total. The topological polar surface area (TPSA) is 67.1 Å². The summed E-state index contributed by atoms with van der Waals surface area (Å²) in [6.07, 6.45) is 4.66. The molecule has 0 radical (unpaired) electrons. The summed E-state index contributed by atoms with van der Waals surface area (Å²) in [7, 11) is 0. The van der Waals surface area contributed by atoms with Crippen molar-refractivity contribution in [3.63, 3.8) is 0 Å². The van der Waals surface area contributed by atoms with Crippen LogP contribution < -0.4 is 11.1 Å². The zero-order chi connectivity index (χ0) is 15.1. The molecule has 0 aliphatic heterocycles. The van der Waals surface area contributed by atoms with Gasteiger partial charge in [0.1, 0.15) is 10.8 Å². The molecule has 3 N–H and O–H groups in total. The van der Waals surface area contributed by atoms with E-state index in [4.69, 9.17) is 5.73 Å². The van der Waals surface area contributed by atoms with E-state index in [0.717, 1.165) is 48.7 Å². The van der Waals surface area contributed by atoms with E-state index in [-0.39, 0.29) is 0 Å². The average molecular weight is 305 g/mol. The van der Waals surface area contributed by atoms with Gasteiger partial charge in [0.2, 0.25) is 0 Å². The van der Waals surface area contributed by atoms with Gasteiger partial charge in [-0.1, -0.05) is 13.8 Å². The van der Waals surface area contributed by atoms with Crippen LogP contribution in [-0.2, 0) is 0 Å². The van der Waals surface area contributed by atoms with Gasteiger partial charge in [0.25, 0.3) is 0 Å². The number of pyridine rings is 1. The van der Waals surface area contributed by atoms with Crippen molar-refractivity contribution in [2.24, 2.45) is 0 Å². The first-order valence-electron chi connectivity index (χ1n) is 7.38. The molecule has 2 aromatic heterocycles. The second-order valence-corrected chi connectivity index (χ2v) is 5.59. The Morgan fingerprint density at radius 1 is 1.24 bits per heavy atom. The van der Waals surface area contributed by atoms with E-state index in [1.165, 1.54) is 11.5 Å². The van der Waals surface area contributed by atoms with Crippen LogP contribution in [-0.4, -0.2) is 40.4 Å². The minimum Gasteiger partial charge on any atom is -0.382 e. The molecule has 0 bridgehead atoms. The number of anilines is 2. The Hall–Kier alpha value is -1.66. The third kappa shape index (κ3) is 4.15. The molecule has 0 aliphatic rings. The van der Waals surface area contributed by atoms with Crippen molar-refractivity contribution in [2.75, 3.05) is 37.2 Å². The molecule has 0 aromatic carbocycles. The average Bonchev–Trinajstić information content (AvgIpc) is 2.89. The minimum atomic E-state index is 0.581. The maximum atomic E-state index is 6.00. The Morgan fingerprint density at radius 2 is 1.95 bits per heavy atom. The zero-order valence-electron chi connectivity index (χ0n) is 12.7. The molecule has 0 atom stereocenters. The highest BCUT2D eigenvalue weighted by Crippen LogP contribution is 2.36. The van der Waals surface area contributed by atoms with Crippen LogP contribution >= 0.6 is 11.5 Å². The van der Waals surface area contributed by atoms with Gasteiger partial charge in [0, 0.05) is 18.9 Å². The summed E-state index contributed by atoms with van der Waals surface area (Å²) >= 11 is 1.42. The number of hydrogen-bond donors (Lipinski definition) is 2. The molecule has 0 amide bonds. The highest BCUT2D eigenvalue weighted by atomic mass is 32.1. The van der Waals surface area contributed by atoms with Crippen LogP contribution in [0, 0.1) is 0 Å². The van der Waals surface area contributed by atoms with Crippen molar-refractivity contribution in [3.05, 3.63) is 24.5 Å². The molecule has 6 heteroatoms. The Bertz CT molecular complexity index is 536. The van der Waals surface area contributed by atoms with E-state index in [9.17, 15) is 0 Å². The van der Waals surface area contributed by atoms with Gasteiger partial charge in [0.05, 0.1) is 5.56 Å². The third-order valence-electron chi connectivity index (χ3n) is 3.52. The van der Waals surface area contributed by atoms with Crippen LogP contribution in [0.15, 0.2) is 24.5 Å². The summed E-state index contributed by atoms with van der Waals surface area (Å²) in [4.78, 5) is 6.47. The van der Waals surface area contributed by atoms with Crippen molar-refractivity contribution < 1.29 is 0 Å². The first kappa shape index (κ1) is 15.7. The molecule has 0 unspecified atom stereocenters. The van der Waals surface area contributed by atoms with E-state index in [2.05, 4.69) is 33.4 Å². The predicted octanol–water partition coefficient (Wildman–Crippen LogP) is 2.93. The van der Waals surface area contributed by atoms with Gasteiger partial charge in [-0.2, -0.15) is 4.37 Å². The number of nitrogens with one attached hydrogen (secondary N) is 1. The summed E-state index contributed by atoms with van der Waals surface area (Å²) in [5.74, 6) is 0.581. The Kier molecular flexibility index (Phi) is 5.95. The van der Waals surface area contributed by atoms with Gasteiger partial charge < -0.3 is 16.0 Å². The predicted molar refractivity (Wildman–Crippen MR) is 90.7 cm³/mol. The Morgan fingerprint density at radius 3 is 2.62 bits per heavy atom. The molecular weight excluding hydrogens is 282 g/mol. The Labute approximate surface area is 130 Å². The number of nitrogen functional groups attached to an aromatic ring is 1. The summed E-state index contributed by atoms with van der Waals surface area (Å²) in [5, 5.41) is 4.51. The molecule has 0 fully saturated rings. The third-order valence-corrected chi connectivity index (χ3v) is 4.34. The summed E-state index contributed by atoms with van der Waals surface area (Å²) in [6.45, 7) is 8.64. The van der Waals surface area contributed by atoms with Crippen LogP contribution in [0.2, 0.25) is 0 Å². The molecule has 2 aromatic rings. The first-order valence-corrected chi connectivity index (χ1v) is 8.15. The van der Waals surface area contributed by atoms with Crippen molar-refractivity contribution >= 4 is 22.4 Å². The van der Waals surface area contributed by atoms with E-state index >= 15 is 0 Å². The van der Waals surface area contributed by atoms with E-state index < -0.39 is 0 Å². The van der Waals surface area contributed by atoms with Crippen LogP contribution in [0.4, 0.5) is 10.8 Å². The maximum absolute atomic E-state index is 6.00. The second-order valence-electron chi connectivity index (χ2n) is 4.82. The molecular formula is C15H23N5S. The second kappa shape index (κ2) is 7.95. The Balaban J connectivity index is 1.96. The standard InChI is InChI=1S/C15H23N5S/c1-3-20(4-2)11-5-8-18-15-13(14(16)19-21-15)12-6-9-17-10-7-12/h6-7,9-10,18H,3-5,8,11H2,1-2H3,(H2,16,19). The largest absolute Gasteiger partial charge is 0.382 e. The van der Waals surface area contributed by atoms with Gasteiger partial charge in [-0.15, -0.1) is 0 Å². The van der Waals surface area contributed by atoms with E-state index in [0.29, 0.717) is 5.82 Å². The zero-order valence-corrected chi connectivity index (χ0v) is 13.5. The number of aromatic nitrogens is 2. The smallest absolute Gasteiger partial charge is 0.147 e. The fraction of sp³-hybridized carbons (Fsp3) is 0.467. The molecule has 2 rings (SSSR count). The van der Waals surface area contributed by atoms with Gasteiger partial charge in [0.15, 0.2) is 0 Å². The van der Waals surface area contributed by atoms with Crippen molar-refractivity contribution in [1.82, 2.24) is 14.3 Å². The van der Waals surface area contributed by atoms with Gasteiger partial charge in [-0.05, 0) is 55.3 Å². The van der Waals surface area contributed by atoms with Gasteiger partial charge in [-0.25, -0.2) is 0 Å². The summed E-state index contributed by atoms with van der Waals surface area (Å²) < 4.78 is 4.27. The monoisotopic (exact) mass is 305 g/mol. The molecule has 0 aliphatic carbocycles. The van der Waals surface area contributed by atoms with Crippen LogP contribution in [0.5, 0.6) is 0 Å². The molecule has 114 valence electrons. The quantitative estimate of drug-likeness (QED) is 0.734. The molecule has 21 heavy (non-hydrogen) atoms. The fourth-order valence-corrected chi connectivity index (χ4v) is 3.03. The van der Waals surface area contributed by atoms with Gasteiger partial charge >= 0.3 is 0 Å². The van der Waals surface area contributed by atoms with E-state index in [1.54, 1.807) is 12.4 Å². The SMILES string of the molecule is CCN(CC)CCCNc1snc(N)c1-c1ccncc1. The van der Waals surface area contributed by atoms with Crippen molar-refractivity contribution in [1.29, 1.82) is 0 Å². The van der Waals surface area contributed by atoms with Gasteiger partial charge in [-0.3, -0.25) is 4.98 Å².